The van der Waals surface area contributed by atoms with Gasteiger partial charge in [-0.1, -0.05) is 30.3 Å². The fraction of sp³-hybridized carbons (Fsp3) is 0.0556. The van der Waals surface area contributed by atoms with Crippen molar-refractivity contribution in [1.82, 2.24) is 9.13 Å². The van der Waals surface area contributed by atoms with Crippen LogP contribution in [0.5, 0.6) is 0 Å². The average molecular weight is 289 g/mol. The van der Waals surface area contributed by atoms with Gasteiger partial charge < -0.3 is 10.3 Å². The Bertz CT molecular complexity index is 1020. The van der Waals surface area contributed by atoms with Crippen molar-refractivity contribution in [2.24, 2.45) is 7.05 Å². The van der Waals surface area contributed by atoms with Gasteiger partial charge in [-0.3, -0.25) is 9.36 Å². The van der Waals surface area contributed by atoms with E-state index in [0.29, 0.717) is 11.3 Å². The smallest absolute Gasteiger partial charge is 0.264 e. The molecule has 0 amide bonds. The maximum Gasteiger partial charge on any atom is 0.264 e. The van der Waals surface area contributed by atoms with E-state index in [2.05, 4.69) is 0 Å². The number of carbonyl (C=O) groups is 1. The summed E-state index contributed by atoms with van der Waals surface area (Å²) >= 11 is 0. The fourth-order valence-corrected chi connectivity index (χ4v) is 3.03. The second kappa shape index (κ2) is 4.49. The summed E-state index contributed by atoms with van der Waals surface area (Å²) in [5.41, 5.74) is 9.09. The van der Waals surface area contributed by atoms with Crippen LogP contribution in [0, 0.1) is 0 Å². The third-order valence-electron chi connectivity index (χ3n) is 4.09. The number of anilines is 1. The van der Waals surface area contributed by atoms with Crippen molar-refractivity contribution in [3.05, 3.63) is 66.5 Å². The molecule has 0 radical (unpaired) electrons. The minimum Gasteiger partial charge on any atom is -0.397 e. The van der Waals surface area contributed by atoms with Gasteiger partial charge in [-0.05, 0) is 18.2 Å². The van der Waals surface area contributed by atoms with Crippen LogP contribution in [0.2, 0.25) is 0 Å². The summed E-state index contributed by atoms with van der Waals surface area (Å²) in [4.78, 5) is 13.0. The Morgan fingerprint density at radius 2 is 1.86 bits per heavy atom. The molecule has 2 heterocycles. The van der Waals surface area contributed by atoms with E-state index in [0.717, 1.165) is 21.8 Å². The quantitative estimate of drug-likeness (QED) is 0.584. The lowest BCUT2D eigenvalue weighted by Gasteiger charge is -2.07. The number of rotatable bonds is 1. The van der Waals surface area contributed by atoms with Crippen LogP contribution in [-0.2, 0) is 7.05 Å². The number of carbonyl (C=O) groups excluding carboxylic acids is 1. The number of aryl methyl sites for hydroxylation is 1. The number of nitrogen functional groups attached to an aromatic ring is 1. The SMILES string of the molecule is Cn1ccc2cccc(C(=O)n3cc(N)c4ccccc43)c21. The molecule has 22 heavy (non-hydrogen) atoms. The summed E-state index contributed by atoms with van der Waals surface area (Å²) in [6.07, 6.45) is 3.67. The fourth-order valence-electron chi connectivity index (χ4n) is 3.03. The molecule has 0 aliphatic carbocycles. The molecule has 4 nitrogen and oxygen atoms in total. The van der Waals surface area contributed by atoms with Crippen LogP contribution in [0.15, 0.2) is 60.9 Å². The van der Waals surface area contributed by atoms with Gasteiger partial charge in [0.25, 0.3) is 5.91 Å². The lowest BCUT2D eigenvalue weighted by molar-refractivity contribution is 0.0966. The van der Waals surface area contributed by atoms with E-state index in [1.807, 2.05) is 66.3 Å². The number of hydrogen-bond acceptors (Lipinski definition) is 2. The van der Waals surface area contributed by atoms with Gasteiger partial charge in [0.2, 0.25) is 0 Å². The largest absolute Gasteiger partial charge is 0.397 e. The van der Waals surface area contributed by atoms with Gasteiger partial charge in [0.1, 0.15) is 0 Å². The molecule has 0 aliphatic rings. The molecule has 0 fully saturated rings. The second-order valence-electron chi connectivity index (χ2n) is 5.45. The summed E-state index contributed by atoms with van der Waals surface area (Å²) in [7, 11) is 1.95. The molecule has 0 spiro atoms. The maximum atomic E-state index is 13.0. The summed E-state index contributed by atoms with van der Waals surface area (Å²) in [5, 5.41) is 1.95. The third kappa shape index (κ3) is 1.67. The first-order chi connectivity index (χ1) is 10.7. The van der Waals surface area contributed by atoms with Crippen LogP contribution in [0.3, 0.4) is 0 Å². The molecule has 0 saturated heterocycles. The molecule has 0 unspecified atom stereocenters. The van der Waals surface area contributed by atoms with Gasteiger partial charge in [-0.2, -0.15) is 0 Å². The minimum atomic E-state index is -0.0692. The number of nitrogens with two attached hydrogens (primary N) is 1. The molecular formula is C18H15N3O. The lowest BCUT2D eigenvalue weighted by atomic mass is 10.1. The molecule has 2 aromatic carbocycles. The van der Waals surface area contributed by atoms with Gasteiger partial charge in [-0.25, -0.2) is 0 Å². The second-order valence-corrected chi connectivity index (χ2v) is 5.45. The molecule has 0 atom stereocenters. The Morgan fingerprint density at radius 3 is 2.73 bits per heavy atom. The van der Waals surface area contributed by atoms with E-state index < -0.39 is 0 Å². The number of nitrogens with zero attached hydrogens (tertiary/aromatic N) is 2. The van der Waals surface area contributed by atoms with Crippen molar-refractivity contribution < 1.29 is 4.79 Å². The lowest BCUT2D eigenvalue weighted by Crippen LogP contribution is -2.12. The Morgan fingerprint density at radius 1 is 1.05 bits per heavy atom. The van der Waals surface area contributed by atoms with Crippen molar-refractivity contribution in [3.8, 4) is 0 Å². The van der Waals surface area contributed by atoms with E-state index in [4.69, 9.17) is 5.73 Å². The van der Waals surface area contributed by atoms with Crippen LogP contribution in [-0.4, -0.2) is 15.0 Å². The summed E-state index contributed by atoms with van der Waals surface area (Å²) in [6, 6.07) is 15.5. The summed E-state index contributed by atoms with van der Waals surface area (Å²) < 4.78 is 3.60. The Labute approximate surface area is 127 Å². The number of para-hydroxylation sites is 2. The van der Waals surface area contributed by atoms with Gasteiger partial charge in [-0.15, -0.1) is 0 Å². The monoisotopic (exact) mass is 289 g/mol. The molecule has 2 N–H and O–H groups in total. The van der Waals surface area contributed by atoms with Crippen LogP contribution in [0.4, 0.5) is 5.69 Å². The van der Waals surface area contributed by atoms with E-state index in [-0.39, 0.29) is 5.91 Å². The Hall–Kier alpha value is -3.01. The first-order valence-corrected chi connectivity index (χ1v) is 7.11. The number of aromatic nitrogens is 2. The zero-order valence-corrected chi connectivity index (χ0v) is 12.2. The van der Waals surface area contributed by atoms with E-state index in [9.17, 15) is 4.79 Å². The molecule has 0 saturated carbocycles. The van der Waals surface area contributed by atoms with E-state index >= 15 is 0 Å². The van der Waals surface area contributed by atoms with Gasteiger partial charge >= 0.3 is 0 Å². The van der Waals surface area contributed by atoms with Crippen molar-refractivity contribution in [2.75, 3.05) is 5.73 Å². The summed E-state index contributed by atoms with van der Waals surface area (Å²) in [6.45, 7) is 0. The maximum absolute atomic E-state index is 13.0. The topological polar surface area (TPSA) is 53.0 Å². The highest BCUT2D eigenvalue weighted by Crippen LogP contribution is 2.26. The Kier molecular flexibility index (Phi) is 2.60. The normalized spacial score (nSPS) is 11.3. The van der Waals surface area contributed by atoms with Crippen LogP contribution < -0.4 is 5.73 Å². The van der Waals surface area contributed by atoms with Crippen molar-refractivity contribution in [3.63, 3.8) is 0 Å². The highest BCUT2D eigenvalue weighted by atomic mass is 16.2. The standard InChI is InChI=1S/C18H15N3O/c1-20-10-9-12-5-4-7-14(17(12)20)18(22)21-11-15(19)13-6-2-3-8-16(13)21/h2-11H,19H2,1H3. The number of hydrogen-bond donors (Lipinski definition) is 1. The molecule has 0 bridgehead atoms. The van der Waals surface area contributed by atoms with Crippen LogP contribution >= 0.6 is 0 Å². The molecule has 108 valence electrons. The molecule has 4 heteroatoms. The highest BCUT2D eigenvalue weighted by molar-refractivity contribution is 6.11. The summed E-state index contributed by atoms with van der Waals surface area (Å²) in [5.74, 6) is -0.0692. The highest BCUT2D eigenvalue weighted by Gasteiger charge is 2.17. The van der Waals surface area contributed by atoms with Crippen molar-refractivity contribution in [2.45, 2.75) is 0 Å². The minimum absolute atomic E-state index is 0.0692. The average Bonchev–Trinajstić information content (AvgIpc) is 3.08. The van der Waals surface area contributed by atoms with Crippen LogP contribution in [0.25, 0.3) is 21.8 Å². The van der Waals surface area contributed by atoms with Gasteiger partial charge in [0, 0.05) is 30.2 Å². The number of fused-ring (bicyclic) bond motifs is 2. The Balaban J connectivity index is 1.98. The van der Waals surface area contributed by atoms with Crippen molar-refractivity contribution in [1.29, 1.82) is 0 Å². The zero-order valence-electron chi connectivity index (χ0n) is 12.2. The van der Waals surface area contributed by atoms with E-state index in [1.165, 1.54) is 0 Å². The number of benzene rings is 2. The van der Waals surface area contributed by atoms with E-state index in [1.54, 1.807) is 10.8 Å². The molecule has 4 aromatic rings. The molecule has 0 aliphatic heterocycles. The predicted octanol–water partition coefficient (Wildman–Crippen LogP) is 3.40. The first-order valence-electron chi connectivity index (χ1n) is 7.11. The van der Waals surface area contributed by atoms with Gasteiger partial charge in [0.15, 0.2) is 0 Å². The van der Waals surface area contributed by atoms with Crippen molar-refractivity contribution >= 4 is 33.4 Å². The zero-order chi connectivity index (χ0) is 15.3. The molecular weight excluding hydrogens is 274 g/mol. The molecule has 2 aromatic heterocycles. The third-order valence-corrected chi connectivity index (χ3v) is 4.09. The predicted molar refractivity (Wildman–Crippen MR) is 89.0 cm³/mol. The van der Waals surface area contributed by atoms with Gasteiger partial charge in [0.05, 0.1) is 22.3 Å². The van der Waals surface area contributed by atoms with Crippen LogP contribution in [0.1, 0.15) is 10.4 Å². The molecule has 4 rings (SSSR count). The first kappa shape index (κ1) is 12.7.